The number of rotatable bonds is 2. The van der Waals surface area contributed by atoms with E-state index < -0.39 is 0 Å². The number of nitrogens with one attached hydrogen (secondary N) is 1. The summed E-state index contributed by atoms with van der Waals surface area (Å²) in [5.41, 5.74) is 8.49. The molecule has 0 saturated carbocycles. The van der Waals surface area contributed by atoms with E-state index in [1.54, 1.807) is 30.3 Å². The molecule has 0 aliphatic carbocycles. The zero-order valence-electron chi connectivity index (χ0n) is 10.7. The van der Waals surface area contributed by atoms with Crippen molar-refractivity contribution in [1.29, 1.82) is 0 Å². The number of benzene rings is 2. The normalized spacial score (nSPS) is 13.0. The molecule has 0 saturated heterocycles. The molecule has 1 amide bonds. The summed E-state index contributed by atoms with van der Waals surface area (Å²) in [5.74, 6) is -0.326. The van der Waals surface area contributed by atoms with Crippen molar-refractivity contribution >= 4 is 50.6 Å². The molecule has 0 radical (unpaired) electrons. The highest BCUT2D eigenvalue weighted by Crippen LogP contribution is 2.31. The first-order chi connectivity index (χ1) is 9.94. The van der Waals surface area contributed by atoms with E-state index in [-0.39, 0.29) is 18.1 Å². The molecule has 6 heteroatoms. The van der Waals surface area contributed by atoms with Crippen LogP contribution in [0.25, 0.3) is 0 Å². The van der Waals surface area contributed by atoms with Gasteiger partial charge in [0.1, 0.15) is 0 Å². The smallest absolute Gasteiger partial charge is 0.228 e. The minimum atomic E-state index is -0.227. The van der Waals surface area contributed by atoms with Crippen molar-refractivity contribution in [3.05, 3.63) is 56.5 Å². The van der Waals surface area contributed by atoms with Crippen LogP contribution < -0.4 is 11.1 Å². The lowest BCUT2D eigenvalue weighted by molar-refractivity contribution is -0.115. The molecule has 0 fully saturated rings. The van der Waals surface area contributed by atoms with Crippen molar-refractivity contribution in [1.82, 2.24) is 0 Å². The Morgan fingerprint density at radius 1 is 1.24 bits per heavy atom. The summed E-state index contributed by atoms with van der Waals surface area (Å²) in [5, 5.41) is 3.01. The monoisotopic (exact) mass is 364 g/mol. The van der Waals surface area contributed by atoms with Crippen molar-refractivity contribution < 1.29 is 9.59 Å². The topological polar surface area (TPSA) is 72.2 Å². The predicted molar refractivity (Wildman–Crippen MR) is 85.8 cm³/mol. The molecule has 0 aromatic heterocycles. The van der Waals surface area contributed by atoms with Crippen LogP contribution in [0.15, 0.2) is 34.8 Å². The average Bonchev–Trinajstić information content (AvgIpc) is 2.75. The summed E-state index contributed by atoms with van der Waals surface area (Å²) in [6.45, 7) is 0. The van der Waals surface area contributed by atoms with E-state index in [1.165, 1.54) is 0 Å². The van der Waals surface area contributed by atoms with Gasteiger partial charge in [0, 0.05) is 27.0 Å². The number of nitrogen functional groups attached to an aromatic ring is 1. The first-order valence-corrected chi connectivity index (χ1v) is 7.34. The van der Waals surface area contributed by atoms with Gasteiger partial charge < -0.3 is 11.1 Å². The van der Waals surface area contributed by atoms with E-state index in [2.05, 4.69) is 21.2 Å². The predicted octanol–water partition coefficient (Wildman–Crippen LogP) is 3.41. The molecule has 0 unspecified atom stereocenters. The van der Waals surface area contributed by atoms with E-state index in [9.17, 15) is 9.59 Å². The second-order valence-corrected chi connectivity index (χ2v) is 6.14. The van der Waals surface area contributed by atoms with E-state index in [0.29, 0.717) is 27.5 Å². The number of anilines is 2. The summed E-state index contributed by atoms with van der Waals surface area (Å²) in [6, 6.07) is 8.26. The van der Waals surface area contributed by atoms with Gasteiger partial charge in [-0.3, -0.25) is 9.59 Å². The van der Waals surface area contributed by atoms with E-state index in [1.807, 2.05) is 0 Å². The number of carbonyl (C=O) groups is 2. The minimum Gasteiger partial charge on any atom is -0.399 e. The van der Waals surface area contributed by atoms with Crippen molar-refractivity contribution in [3.8, 4) is 0 Å². The van der Waals surface area contributed by atoms with Gasteiger partial charge in [0.05, 0.1) is 11.4 Å². The maximum absolute atomic E-state index is 12.6. The number of hydrogen-bond donors (Lipinski definition) is 2. The minimum absolute atomic E-state index is 0.0997. The molecule has 106 valence electrons. The molecule has 1 heterocycles. The van der Waals surface area contributed by atoms with E-state index in [0.717, 1.165) is 10.0 Å². The maximum atomic E-state index is 12.6. The Hall–Kier alpha value is -1.85. The Kier molecular flexibility index (Phi) is 3.47. The largest absolute Gasteiger partial charge is 0.399 e. The van der Waals surface area contributed by atoms with Crippen LogP contribution in [0, 0.1) is 0 Å². The van der Waals surface area contributed by atoms with Crippen molar-refractivity contribution in [2.24, 2.45) is 0 Å². The average molecular weight is 366 g/mol. The Labute approximate surface area is 134 Å². The lowest BCUT2D eigenvalue weighted by atomic mass is 10.00. The maximum Gasteiger partial charge on any atom is 0.228 e. The third kappa shape index (κ3) is 2.66. The van der Waals surface area contributed by atoms with E-state index in [4.69, 9.17) is 17.3 Å². The number of amides is 1. The first-order valence-electron chi connectivity index (χ1n) is 6.17. The fraction of sp³-hybridized carbons (Fsp3) is 0.0667. The summed E-state index contributed by atoms with van der Waals surface area (Å²) in [6.07, 6.45) is 0.257. The highest BCUT2D eigenvalue weighted by Gasteiger charge is 2.22. The zero-order chi connectivity index (χ0) is 15.1. The molecule has 1 aliphatic rings. The number of ketones is 1. The third-order valence-electron chi connectivity index (χ3n) is 3.24. The fourth-order valence-electron chi connectivity index (χ4n) is 2.32. The number of carbonyl (C=O) groups excluding carboxylic acids is 2. The zero-order valence-corrected chi connectivity index (χ0v) is 13.1. The molecule has 2 aromatic carbocycles. The number of nitrogens with two attached hydrogens (primary N) is 1. The van der Waals surface area contributed by atoms with Crippen LogP contribution in [0.5, 0.6) is 0 Å². The number of fused-ring (bicyclic) bond motifs is 1. The van der Waals surface area contributed by atoms with E-state index >= 15 is 0 Å². The molecule has 0 atom stereocenters. The lowest BCUT2D eigenvalue weighted by Gasteiger charge is -2.08. The highest BCUT2D eigenvalue weighted by atomic mass is 79.9. The molecule has 21 heavy (non-hydrogen) atoms. The lowest BCUT2D eigenvalue weighted by Crippen LogP contribution is -2.04. The van der Waals surface area contributed by atoms with Gasteiger partial charge in [-0.2, -0.15) is 0 Å². The van der Waals surface area contributed by atoms with Gasteiger partial charge in [0.15, 0.2) is 5.78 Å². The molecule has 3 rings (SSSR count). The van der Waals surface area contributed by atoms with Gasteiger partial charge in [0.2, 0.25) is 5.91 Å². The molecule has 3 N–H and O–H groups in total. The summed E-state index contributed by atoms with van der Waals surface area (Å²) >= 11 is 9.47. The molecule has 0 spiro atoms. The van der Waals surface area contributed by atoms with Crippen LogP contribution in [0.2, 0.25) is 5.02 Å². The highest BCUT2D eigenvalue weighted by molar-refractivity contribution is 9.10. The summed E-state index contributed by atoms with van der Waals surface area (Å²) < 4.78 is 0.722. The standard InChI is InChI=1S/C15H10BrClN2O2/c16-9-1-8(2-10(18)5-9)15(21)11-3-7-4-14(20)19-13(7)6-12(11)17/h1-3,5-6H,4,18H2,(H,19,20). The molecular weight excluding hydrogens is 356 g/mol. The van der Waals surface area contributed by atoms with Crippen molar-refractivity contribution in [2.75, 3.05) is 11.1 Å². The van der Waals surface area contributed by atoms with Gasteiger partial charge in [-0.1, -0.05) is 27.5 Å². The first kappa shape index (κ1) is 14.1. The quantitative estimate of drug-likeness (QED) is 0.633. The van der Waals surface area contributed by atoms with Crippen LogP contribution in [0.4, 0.5) is 11.4 Å². The van der Waals surface area contributed by atoms with Crippen LogP contribution in [0.3, 0.4) is 0 Å². The Bertz CT molecular complexity index is 769. The molecular formula is C15H10BrClN2O2. The molecule has 4 nitrogen and oxygen atoms in total. The summed E-state index contributed by atoms with van der Waals surface area (Å²) in [7, 11) is 0. The fourth-order valence-corrected chi connectivity index (χ4v) is 3.08. The molecule has 1 aliphatic heterocycles. The SMILES string of the molecule is Nc1cc(Br)cc(C(=O)c2cc3c(cc2Cl)NC(=O)C3)c1. The van der Waals surface area contributed by atoms with Crippen LogP contribution >= 0.6 is 27.5 Å². The van der Waals surface area contributed by atoms with Crippen LogP contribution in [-0.2, 0) is 11.2 Å². The second-order valence-electron chi connectivity index (χ2n) is 4.82. The third-order valence-corrected chi connectivity index (χ3v) is 4.02. The van der Waals surface area contributed by atoms with Gasteiger partial charge in [-0.15, -0.1) is 0 Å². The van der Waals surface area contributed by atoms with Crippen LogP contribution in [-0.4, -0.2) is 11.7 Å². The van der Waals surface area contributed by atoms with Crippen molar-refractivity contribution in [3.63, 3.8) is 0 Å². The Balaban J connectivity index is 2.06. The van der Waals surface area contributed by atoms with Crippen LogP contribution in [0.1, 0.15) is 21.5 Å². The molecule has 2 aromatic rings. The summed E-state index contributed by atoms with van der Waals surface area (Å²) in [4.78, 5) is 24.0. The van der Waals surface area contributed by atoms with Gasteiger partial charge >= 0.3 is 0 Å². The van der Waals surface area contributed by atoms with Gasteiger partial charge in [-0.25, -0.2) is 0 Å². The Morgan fingerprint density at radius 3 is 2.71 bits per heavy atom. The Morgan fingerprint density at radius 2 is 2.00 bits per heavy atom. The molecule has 0 bridgehead atoms. The second kappa shape index (κ2) is 5.16. The van der Waals surface area contributed by atoms with Crippen molar-refractivity contribution in [2.45, 2.75) is 6.42 Å². The van der Waals surface area contributed by atoms with Gasteiger partial charge in [-0.05, 0) is 35.9 Å². The van der Waals surface area contributed by atoms with Gasteiger partial charge in [0.25, 0.3) is 0 Å². The number of hydrogen-bond acceptors (Lipinski definition) is 3. The number of halogens is 2.